The number of pyridine rings is 1. The molecule has 0 amide bonds. The van der Waals surface area contributed by atoms with E-state index in [1.807, 2.05) is 34.9 Å². The van der Waals surface area contributed by atoms with Crippen LogP contribution >= 0.6 is 0 Å². The fourth-order valence-electron chi connectivity index (χ4n) is 4.86. The summed E-state index contributed by atoms with van der Waals surface area (Å²) in [5, 5.41) is 0. The number of benzene rings is 2. The summed E-state index contributed by atoms with van der Waals surface area (Å²) in [6, 6.07) is 24.4. The lowest BCUT2D eigenvalue weighted by atomic mass is 9.83. The first kappa shape index (κ1) is 18.2. The van der Waals surface area contributed by atoms with Crippen LogP contribution in [0.2, 0.25) is 0 Å². The minimum absolute atomic E-state index is 0.147. The summed E-state index contributed by atoms with van der Waals surface area (Å²) in [6.45, 7) is 4.42. The van der Waals surface area contributed by atoms with E-state index in [9.17, 15) is 4.79 Å². The van der Waals surface area contributed by atoms with Gasteiger partial charge in [0, 0.05) is 43.9 Å². The van der Waals surface area contributed by atoms with Gasteiger partial charge < -0.3 is 9.30 Å². The summed E-state index contributed by atoms with van der Waals surface area (Å²) < 4.78 is 7.99. The van der Waals surface area contributed by atoms with E-state index in [1.165, 1.54) is 23.2 Å². The van der Waals surface area contributed by atoms with Gasteiger partial charge in [-0.25, -0.2) is 0 Å². The third kappa shape index (κ3) is 3.99. The average Bonchev–Trinajstić information content (AvgIpc) is 2.74. The predicted octanol–water partition coefficient (Wildman–Crippen LogP) is 4.05. The molecule has 0 saturated carbocycles. The molecule has 2 atom stereocenters. The second kappa shape index (κ2) is 7.88. The van der Waals surface area contributed by atoms with Crippen LogP contribution in [-0.4, -0.2) is 22.6 Å². The van der Waals surface area contributed by atoms with Crippen molar-refractivity contribution in [1.82, 2.24) is 9.47 Å². The molecule has 3 heterocycles. The van der Waals surface area contributed by atoms with Crippen LogP contribution in [0.25, 0.3) is 0 Å². The highest BCUT2D eigenvalue weighted by molar-refractivity contribution is 5.29. The number of fused-ring (bicyclic) bond motifs is 4. The SMILES string of the molecule is O=c1cccc2n1C[C@@H]1C[C@H]2CN(Cc2cccc(OCc3ccccc3)c2)C1. The number of nitrogens with zero attached hydrogens (tertiary/aromatic N) is 2. The van der Waals surface area contributed by atoms with Crippen LogP contribution in [0.1, 0.15) is 29.2 Å². The lowest BCUT2D eigenvalue weighted by Crippen LogP contribution is -2.46. The standard InChI is InChI=1S/C25H26N2O2/c28-25-11-5-10-24-22-12-21(16-27(24)25)15-26(17-22)14-20-8-4-9-23(13-20)29-18-19-6-2-1-3-7-19/h1-11,13,21-22H,12,14-18H2/t21-,22+/m1/s1. The Morgan fingerprint density at radius 1 is 0.862 bits per heavy atom. The molecule has 3 aromatic rings. The summed E-state index contributed by atoms with van der Waals surface area (Å²) in [6.07, 6.45) is 1.19. The minimum Gasteiger partial charge on any atom is -0.489 e. The first-order valence-corrected chi connectivity index (χ1v) is 10.4. The van der Waals surface area contributed by atoms with Gasteiger partial charge in [0.2, 0.25) is 0 Å². The first-order valence-electron chi connectivity index (χ1n) is 10.4. The van der Waals surface area contributed by atoms with Gasteiger partial charge in [-0.05, 0) is 41.7 Å². The number of likely N-dealkylation sites (tertiary alicyclic amines) is 1. The molecule has 4 nitrogen and oxygen atoms in total. The summed E-state index contributed by atoms with van der Waals surface area (Å²) >= 11 is 0. The number of rotatable bonds is 5. The second-order valence-corrected chi connectivity index (χ2v) is 8.31. The number of hydrogen-bond donors (Lipinski definition) is 0. The topological polar surface area (TPSA) is 34.5 Å². The van der Waals surface area contributed by atoms with Crippen molar-refractivity contribution in [3.8, 4) is 5.75 Å². The number of hydrogen-bond acceptors (Lipinski definition) is 3. The van der Waals surface area contributed by atoms with E-state index in [0.717, 1.165) is 31.9 Å². The molecule has 0 spiro atoms. The van der Waals surface area contributed by atoms with Crippen molar-refractivity contribution < 1.29 is 4.74 Å². The molecule has 0 unspecified atom stereocenters. The Balaban J connectivity index is 1.26. The lowest BCUT2D eigenvalue weighted by molar-refractivity contribution is 0.114. The molecule has 1 fully saturated rings. The normalized spacial score (nSPS) is 20.8. The summed E-state index contributed by atoms with van der Waals surface area (Å²) in [4.78, 5) is 14.7. The zero-order chi connectivity index (χ0) is 19.6. The van der Waals surface area contributed by atoms with Crippen molar-refractivity contribution in [2.75, 3.05) is 13.1 Å². The van der Waals surface area contributed by atoms with E-state index < -0.39 is 0 Å². The van der Waals surface area contributed by atoms with Crippen LogP contribution in [0.5, 0.6) is 5.75 Å². The summed E-state index contributed by atoms with van der Waals surface area (Å²) in [5.41, 5.74) is 3.81. The molecule has 0 radical (unpaired) electrons. The van der Waals surface area contributed by atoms with Gasteiger partial charge in [0.1, 0.15) is 12.4 Å². The molecule has 1 saturated heterocycles. The van der Waals surface area contributed by atoms with Crippen molar-refractivity contribution in [3.63, 3.8) is 0 Å². The fraction of sp³-hybridized carbons (Fsp3) is 0.320. The highest BCUT2D eigenvalue weighted by Crippen LogP contribution is 2.35. The third-order valence-electron chi connectivity index (χ3n) is 6.11. The Bertz CT molecular complexity index is 1040. The van der Waals surface area contributed by atoms with Gasteiger partial charge in [-0.2, -0.15) is 0 Å². The number of piperidine rings is 1. The Labute approximate surface area is 171 Å². The van der Waals surface area contributed by atoms with E-state index in [0.29, 0.717) is 18.4 Å². The molecule has 148 valence electrons. The number of aromatic nitrogens is 1. The minimum atomic E-state index is 0.147. The summed E-state index contributed by atoms with van der Waals surface area (Å²) in [7, 11) is 0. The van der Waals surface area contributed by atoms with Crippen molar-refractivity contribution in [1.29, 1.82) is 0 Å². The molecule has 2 aliphatic rings. The average molecular weight is 386 g/mol. The Morgan fingerprint density at radius 2 is 1.69 bits per heavy atom. The molecule has 0 N–H and O–H groups in total. The van der Waals surface area contributed by atoms with Crippen molar-refractivity contribution in [2.24, 2.45) is 5.92 Å². The van der Waals surface area contributed by atoms with E-state index >= 15 is 0 Å². The predicted molar refractivity (Wildman–Crippen MR) is 114 cm³/mol. The van der Waals surface area contributed by atoms with Gasteiger partial charge in [-0.15, -0.1) is 0 Å². The molecule has 2 bridgehead atoms. The lowest BCUT2D eigenvalue weighted by Gasteiger charge is -2.42. The van der Waals surface area contributed by atoms with Crippen LogP contribution in [0.4, 0.5) is 0 Å². The van der Waals surface area contributed by atoms with Crippen molar-refractivity contribution >= 4 is 0 Å². The van der Waals surface area contributed by atoms with Crippen LogP contribution < -0.4 is 10.3 Å². The van der Waals surface area contributed by atoms with Gasteiger partial charge in [0.25, 0.3) is 5.56 Å². The van der Waals surface area contributed by atoms with Gasteiger partial charge in [-0.1, -0.05) is 48.5 Å². The Hall–Kier alpha value is -2.85. The Morgan fingerprint density at radius 3 is 2.59 bits per heavy atom. The number of ether oxygens (including phenoxy) is 1. The zero-order valence-corrected chi connectivity index (χ0v) is 16.5. The monoisotopic (exact) mass is 386 g/mol. The molecule has 0 aliphatic carbocycles. The maximum Gasteiger partial charge on any atom is 0.250 e. The molecule has 1 aromatic heterocycles. The van der Waals surface area contributed by atoms with Crippen LogP contribution in [0.3, 0.4) is 0 Å². The molecule has 2 aliphatic heterocycles. The maximum absolute atomic E-state index is 12.2. The van der Waals surface area contributed by atoms with Crippen molar-refractivity contribution in [3.05, 3.63) is 100.0 Å². The largest absolute Gasteiger partial charge is 0.489 e. The second-order valence-electron chi connectivity index (χ2n) is 8.31. The molecule has 29 heavy (non-hydrogen) atoms. The molecule has 2 aromatic carbocycles. The molecule has 5 rings (SSSR count). The van der Waals surface area contributed by atoms with Crippen LogP contribution in [0.15, 0.2) is 77.6 Å². The van der Waals surface area contributed by atoms with E-state index in [1.54, 1.807) is 6.07 Å². The van der Waals surface area contributed by atoms with Gasteiger partial charge >= 0.3 is 0 Å². The zero-order valence-electron chi connectivity index (χ0n) is 16.5. The smallest absolute Gasteiger partial charge is 0.250 e. The van der Waals surface area contributed by atoms with Gasteiger partial charge in [0.05, 0.1) is 0 Å². The van der Waals surface area contributed by atoms with Crippen molar-refractivity contribution in [2.45, 2.75) is 32.0 Å². The first-order chi connectivity index (χ1) is 14.2. The van der Waals surface area contributed by atoms with E-state index in [4.69, 9.17) is 4.74 Å². The Kier molecular flexibility index (Phi) is 4.94. The van der Waals surface area contributed by atoms with Gasteiger partial charge in [0.15, 0.2) is 0 Å². The third-order valence-corrected chi connectivity index (χ3v) is 6.11. The van der Waals surface area contributed by atoms with E-state index in [-0.39, 0.29) is 5.56 Å². The van der Waals surface area contributed by atoms with E-state index in [2.05, 4.69) is 41.3 Å². The van der Waals surface area contributed by atoms with Gasteiger partial charge in [-0.3, -0.25) is 9.69 Å². The fourth-order valence-corrected chi connectivity index (χ4v) is 4.86. The molecular weight excluding hydrogens is 360 g/mol. The maximum atomic E-state index is 12.2. The molecular formula is C25H26N2O2. The summed E-state index contributed by atoms with van der Waals surface area (Å²) in [5.74, 6) is 1.92. The quantitative estimate of drug-likeness (QED) is 0.664. The van der Waals surface area contributed by atoms with Crippen LogP contribution in [0, 0.1) is 5.92 Å². The highest BCUT2D eigenvalue weighted by atomic mass is 16.5. The molecule has 4 heteroatoms. The highest BCUT2D eigenvalue weighted by Gasteiger charge is 2.34. The van der Waals surface area contributed by atoms with Crippen LogP contribution in [-0.2, 0) is 19.7 Å².